The van der Waals surface area contributed by atoms with Crippen LogP contribution in [0.5, 0.6) is 0 Å². The van der Waals surface area contributed by atoms with Gasteiger partial charge in [-0.3, -0.25) is 0 Å². The quantitative estimate of drug-likeness (QED) is 0.658. The fourth-order valence-corrected chi connectivity index (χ4v) is 4.34. The summed E-state index contributed by atoms with van der Waals surface area (Å²) in [5.74, 6) is 0.644. The lowest BCUT2D eigenvalue weighted by Crippen LogP contribution is -2.59. The maximum Gasteiger partial charge on any atom is 0.0932 e. The minimum Gasteiger partial charge on any atom is -0.396 e. The van der Waals surface area contributed by atoms with E-state index in [1.807, 2.05) is 0 Å². The summed E-state index contributed by atoms with van der Waals surface area (Å²) in [7, 11) is 0. The second-order valence-electron chi connectivity index (χ2n) is 6.61. The van der Waals surface area contributed by atoms with Gasteiger partial charge in [-0.15, -0.1) is 0 Å². The average Bonchev–Trinajstić information content (AvgIpc) is 2.34. The predicted octanol–water partition coefficient (Wildman–Crippen LogP) is 1.72. The lowest BCUT2D eigenvalue weighted by atomic mass is 9.49. The number of hydrogen-bond acceptors (Lipinski definition) is 3. The molecule has 0 amide bonds. The summed E-state index contributed by atoms with van der Waals surface area (Å²) in [6.45, 7) is 8.28. The van der Waals surface area contributed by atoms with Crippen molar-refractivity contribution in [2.45, 2.75) is 45.1 Å². The molecule has 104 valence electrons. The smallest absolute Gasteiger partial charge is 0.0932 e. The summed E-state index contributed by atoms with van der Waals surface area (Å²) in [4.78, 5) is 0. The van der Waals surface area contributed by atoms with Crippen LogP contribution >= 0.6 is 0 Å². The molecule has 0 spiro atoms. The first kappa shape index (κ1) is 14.0. The Morgan fingerprint density at radius 3 is 2.50 bits per heavy atom. The van der Waals surface area contributed by atoms with Crippen molar-refractivity contribution in [2.24, 2.45) is 23.2 Å². The molecule has 2 aliphatic rings. The maximum absolute atomic E-state index is 10.6. The summed E-state index contributed by atoms with van der Waals surface area (Å²) in [6.07, 6.45) is 3.48. The zero-order valence-corrected chi connectivity index (χ0v) is 11.5. The molecule has 0 aromatic heterocycles. The van der Waals surface area contributed by atoms with Crippen LogP contribution in [0.3, 0.4) is 0 Å². The fourth-order valence-electron chi connectivity index (χ4n) is 4.34. The van der Waals surface area contributed by atoms with E-state index in [2.05, 4.69) is 20.4 Å². The van der Waals surface area contributed by atoms with Gasteiger partial charge in [0.15, 0.2) is 0 Å². The van der Waals surface area contributed by atoms with Crippen molar-refractivity contribution in [3.63, 3.8) is 0 Å². The van der Waals surface area contributed by atoms with Crippen LogP contribution in [0.1, 0.15) is 39.5 Å². The Kier molecular flexibility index (Phi) is 3.60. The molecule has 18 heavy (non-hydrogen) atoms. The van der Waals surface area contributed by atoms with E-state index in [1.54, 1.807) is 0 Å². The van der Waals surface area contributed by atoms with Gasteiger partial charge in [0, 0.05) is 12.5 Å². The van der Waals surface area contributed by atoms with Crippen molar-refractivity contribution in [3.05, 3.63) is 12.2 Å². The Balaban J connectivity index is 2.35. The fraction of sp³-hybridized carbons (Fsp3) is 0.867. The topological polar surface area (TPSA) is 60.7 Å². The summed E-state index contributed by atoms with van der Waals surface area (Å²) < 4.78 is 0. The van der Waals surface area contributed by atoms with Crippen LogP contribution < -0.4 is 0 Å². The summed E-state index contributed by atoms with van der Waals surface area (Å²) in [5, 5.41) is 29.8. The lowest BCUT2D eigenvalue weighted by Gasteiger charge is -2.57. The van der Waals surface area contributed by atoms with Crippen LogP contribution in [0, 0.1) is 23.2 Å². The van der Waals surface area contributed by atoms with Gasteiger partial charge in [-0.25, -0.2) is 0 Å². The second-order valence-corrected chi connectivity index (χ2v) is 6.61. The van der Waals surface area contributed by atoms with Gasteiger partial charge in [0.1, 0.15) is 0 Å². The van der Waals surface area contributed by atoms with Crippen molar-refractivity contribution in [1.82, 2.24) is 0 Å². The largest absolute Gasteiger partial charge is 0.396 e. The molecule has 2 fully saturated rings. The third-order valence-corrected chi connectivity index (χ3v) is 5.76. The highest BCUT2D eigenvalue weighted by Crippen LogP contribution is 2.58. The standard InChI is InChI=1S/C15H26O3/c1-10-4-6-14(3)12(11(10)2)5-7-15(18,9-17)13(14)8-16/h10,12-13,16-18H,2,4-9H2,1,3H3. The molecule has 5 unspecified atom stereocenters. The Morgan fingerprint density at radius 2 is 1.94 bits per heavy atom. The first-order valence-corrected chi connectivity index (χ1v) is 7.02. The van der Waals surface area contributed by atoms with Crippen molar-refractivity contribution >= 4 is 0 Å². The molecule has 0 radical (unpaired) electrons. The van der Waals surface area contributed by atoms with E-state index < -0.39 is 5.60 Å². The molecule has 0 bridgehead atoms. The van der Waals surface area contributed by atoms with E-state index in [4.69, 9.17) is 0 Å². The highest BCUT2D eigenvalue weighted by molar-refractivity contribution is 5.19. The zero-order valence-electron chi connectivity index (χ0n) is 11.5. The lowest BCUT2D eigenvalue weighted by molar-refractivity contribution is -0.171. The SMILES string of the molecule is C=C1C(C)CCC2(C)C1CCC(O)(CO)C2CO. The van der Waals surface area contributed by atoms with Crippen LogP contribution in [0.2, 0.25) is 0 Å². The molecule has 3 heteroatoms. The predicted molar refractivity (Wildman–Crippen MR) is 71.0 cm³/mol. The number of aliphatic hydroxyl groups excluding tert-OH is 2. The van der Waals surface area contributed by atoms with E-state index in [-0.39, 0.29) is 24.5 Å². The van der Waals surface area contributed by atoms with Crippen molar-refractivity contribution < 1.29 is 15.3 Å². The zero-order chi connectivity index (χ0) is 13.6. The molecule has 2 aliphatic carbocycles. The van der Waals surface area contributed by atoms with E-state index in [0.717, 1.165) is 19.3 Å². The molecule has 5 atom stereocenters. The molecule has 3 nitrogen and oxygen atoms in total. The van der Waals surface area contributed by atoms with E-state index in [9.17, 15) is 15.3 Å². The molecule has 3 N–H and O–H groups in total. The Bertz CT molecular complexity index is 341. The molecule has 0 aliphatic heterocycles. The highest BCUT2D eigenvalue weighted by Gasteiger charge is 2.56. The van der Waals surface area contributed by atoms with Gasteiger partial charge < -0.3 is 15.3 Å². The molecule has 0 aromatic rings. The van der Waals surface area contributed by atoms with Gasteiger partial charge in [-0.1, -0.05) is 26.0 Å². The average molecular weight is 254 g/mol. The molecule has 0 heterocycles. The molecule has 2 saturated carbocycles. The molecule has 0 saturated heterocycles. The first-order chi connectivity index (χ1) is 8.39. The van der Waals surface area contributed by atoms with E-state index in [1.165, 1.54) is 5.57 Å². The van der Waals surface area contributed by atoms with Gasteiger partial charge in [-0.2, -0.15) is 0 Å². The van der Waals surface area contributed by atoms with Gasteiger partial charge in [-0.05, 0) is 42.9 Å². The number of fused-ring (bicyclic) bond motifs is 1. The second kappa shape index (κ2) is 4.62. The molecular weight excluding hydrogens is 228 g/mol. The van der Waals surface area contributed by atoms with Crippen LogP contribution in [0.15, 0.2) is 12.2 Å². The van der Waals surface area contributed by atoms with Gasteiger partial charge in [0.25, 0.3) is 0 Å². The summed E-state index contributed by atoms with van der Waals surface area (Å²) >= 11 is 0. The van der Waals surface area contributed by atoms with Crippen molar-refractivity contribution in [3.8, 4) is 0 Å². The van der Waals surface area contributed by atoms with E-state index in [0.29, 0.717) is 18.3 Å². The van der Waals surface area contributed by atoms with Gasteiger partial charge in [0.2, 0.25) is 0 Å². The van der Waals surface area contributed by atoms with E-state index >= 15 is 0 Å². The van der Waals surface area contributed by atoms with Crippen LogP contribution in [0.4, 0.5) is 0 Å². The number of rotatable bonds is 2. The first-order valence-electron chi connectivity index (χ1n) is 7.02. The van der Waals surface area contributed by atoms with Gasteiger partial charge >= 0.3 is 0 Å². The third-order valence-electron chi connectivity index (χ3n) is 5.76. The third kappa shape index (κ3) is 1.84. The Morgan fingerprint density at radius 1 is 1.28 bits per heavy atom. The van der Waals surface area contributed by atoms with Crippen LogP contribution in [-0.4, -0.2) is 34.1 Å². The molecule has 2 rings (SSSR count). The summed E-state index contributed by atoms with van der Waals surface area (Å²) in [6, 6.07) is 0. The Hall–Kier alpha value is -0.380. The highest BCUT2D eigenvalue weighted by atomic mass is 16.3. The van der Waals surface area contributed by atoms with Crippen LogP contribution in [0.25, 0.3) is 0 Å². The van der Waals surface area contributed by atoms with Crippen molar-refractivity contribution in [2.75, 3.05) is 13.2 Å². The Labute approximate surface area is 110 Å². The van der Waals surface area contributed by atoms with Gasteiger partial charge in [0.05, 0.1) is 12.2 Å². The minimum atomic E-state index is -1.12. The molecular formula is C15H26O3. The normalized spacial score (nSPS) is 48.9. The van der Waals surface area contributed by atoms with Crippen LogP contribution in [-0.2, 0) is 0 Å². The minimum absolute atomic E-state index is 0.0638. The van der Waals surface area contributed by atoms with Crippen molar-refractivity contribution in [1.29, 1.82) is 0 Å². The number of hydrogen-bond donors (Lipinski definition) is 3. The molecule has 0 aromatic carbocycles. The number of aliphatic hydroxyl groups is 3. The maximum atomic E-state index is 10.6. The number of allylic oxidation sites excluding steroid dienone is 1. The monoisotopic (exact) mass is 254 g/mol. The summed E-state index contributed by atoms with van der Waals surface area (Å²) in [5.41, 5.74) is 0.0109.